The van der Waals surface area contributed by atoms with Crippen LogP contribution in [-0.4, -0.2) is 40.0 Å². The highest BCUT2D eigenvalue weighted by Gasteiger charge is 2.23. The lowest BCUT2D eigenvalue weighted by Gasteiger charge is -2.15. The van der Waals surface area contributed by atoms with Crippen LogP contribution < -0.4 is 0 Å². The van der Waals surface area contributed by atoms with Gasteiger partial charge in [0.2, 0.25) is 0 Å². The lowest BCUT2D eigenvalue weighted by atomic mass is 9.97. The number of hydrogen-bond acceptors (Lipinski definition) is 6. The molecule has 3 heterocycles. The fraction of sp³-hybridized carbons (Fsp3) is 0.385. The van der Waals surface area contributed by atoms with Crippen LogP contribution in [0.5, 0.6) is 0 Å². The highest BCUT2D eigenvalue weighted by atomic mass is 15.5. The summed E-state index contributed by atoms with van der Waals surface area (Å²) in [7, 11) is 0. The van der Waals surface area contributed by atoms with Crippen LogP contribution in [0.2, 0.25) is 0 Å². The molecule has 0 atom stereocenters. The first-order chi connectivity index (χ1) is 16.0. The van der Waals surface area contributed by atoms with E-state index >= 15 is 0 Å². The number of aromatic nitrogens is 8. The Morgan fingerprint density at radius 3 is 1.15 bits per heavy atom. The summed E-state index contributed by atoms with van der Waals surface area (Å²) in [6.45, 7) is 20.9. The molecule has 5 rings (SSSR count). The van der Waals surface area contributed by atoms with Gasteiger partial charge in [-0.15, -0.1) is 10.2 Å². The molecule has 0 unspecified atom stereocenters. The molecule has 5 aromatic rings. The smallest absolute Gasteiger partial charge is 0.164 e. The molecule has 0 aliphatic rings. The minimum absolute atomic E-state index is 0.638. The zero-order valence-corrected chi connectivity index (χ0v) is 21.6. The summed E-state index contributed by atoms with van der Waals surface area (Å²) in [5.41, 5.74) is 14.2. The van der Waals surface area contributed by atoms with Gasteiger partial charge in [-0.25, -0.2) is 9.97 Å². The maximum atomic E-state index is 4.80. The van der Waals surface area contributed by atoms with Crippen molar-refractivity contribution in [3.8, 4) is 11.6 Å². The molecule has 0 bridgehead atoms. The van der Waals surface area contributed by atoms with Crippen LogP contribution in [0.25, 0.3) is 33.7 Å². The quantitative estimate of drug-likeness (QED) is 0.372. The van der Waals surface area contributed by atoms with E-state index in [4.69, 9.17) is 9.97 Å². The Hall–Kier alpha value is -3.68. The van der Waals surface area contributed by atoms with E-state index in [0.29, 0.717) is 17.5 Å². The summed E-state index contributed by atoms with van der Waals surface area (Å²) < 4.78 is 3.70. The number of fused-ring (bicyclic) bond motifs is 2. The van der Waals surface area contributed by atoms with E-state index in [0.717, 1.165) is 49.9 Å². The van der Waals surface area contributed by atoms with Crippen molar-refractivity contribution in [3.63, 3.8) is 0 Å². The van der Waals surface area contributed by atoms with Gasteiger partial charge in [0, 0.05) is 5.56 Å². The summed E-state index contributed by atoms with van der Waals surface area (Å²) in [4.78, 5) is 9.60. The molecule has 0 amide bonds. The molecular weight excluding hydrogens is 424 g/mol. The summed E-state index contributed by atoms with van der Waals surface area (Å²) in [6, 6.07) is 0. The Labute approximate surface area is 199 Å². The fourth-order valence-electron chi connectivity index (χ4n) is 4.89. The fourth-order valence-corrected chi connectivity index (χ4v) is 4.89. The zero-order valence-electron chi connectivity index (χ0n) is 21.6. The third-order valence-corrected chi connectivity index (χ3v) is 7.74. The maximum Gasteiger partial charge on any atom is 0.164 e. The van der Waals surface area contributed by atoms with Gasteiger partial charge in [-0.3, -0.25) is 0 Å². The third-order valence-electron chi connectivity index (χ3n) is 7.74. The van der Waals surface area contributed by atoms with Crippen molar-refractivity contribution < 1.29 is 0 Å². The number of rotatable bonds is 2. The number of hydrogen-bond donors (Lipinski definition) is 0. The number of benzene rings is 2. The zero-order chi connectivity index (χ0) is 24.6. The molecule has 0 fully saturated rings. The molecule has 0 saturated heterocycles. The van der Waals surface area contributed by atoms with Crippen molar-refractivity contribution in [3.05, 3.63) is 55.9 Å². The van der Waals surface area contributed by atoms with Crippen molar-refractivity contribution in [2.75, 3.05) is 0 Å². The predicted octanol–water partition coefficient (Wildman–Crippen LogP) is 5.03. The van der Waals surface area contributed by atoms with Crippen molar-refractivity contribution >= 4 is 22.1 Å². The molecule has 3 aromatic heterocycles. The molecule has 0 N–H and O–H groups in total. The van der Waals surface area contributed by atoms with Crippen LogP contribution in [0.15, 0.2) is 0 Å². The molecule has 174 valence electrons. The van der Waals surface area contributed by atoms with Gasteiger partial charge >= 0.3 is 0 Å². The minimum Gasteiger partial charge on any atom is -0.214 e. The lowest BCUT2D eigenvalue weighted by Crippen LogP contribution is -2.13. The lowest BCUT2D eigenvalue weighted by molar-refractivity contribution is 0.748. The Morgan fingerprint density at radius 1 is 0.412 bits per heavy atom. The minimum atomic E-state index is 0.638. The van der Waals surface area contributed by atoms with Gasteiger partial charge in [0.25, 0.3) is 0 Å². The van der Waals surface area contributed by atoms with Crippen LogP contribution in [0, 0.1) is 69.2 Å². The van der Waals surface area contributed by atoms with Crippen molar-refractivity contribution in [1.29, 1.82) is 0 Å². The Balaban J connectivity index is 1.84. The Bertz CT molecular complexity index is 1530. The predicted molar refractivity (Wildman–Crippen MR) is 134 cm³/mol. The molecule has 0 spiro atoms. The topological polar surface area (TPSA) is 87.2 Å². The Kier molecular flexibility index (Phi) is 4.83. The van der Waals surface area contributed by atoms with Crippen LogP contribution in [0.3, 0.4) is 0 Å². The van der Waals surface area contributed by atoms with E-state index < -0.39 is 0 Å². The van der Waals surface area contributed by atoms with E-state index in [1.54, 1.807) is 0 Å². The van der Waals surface area contributed by atoms with Gasteiger partial charge in [-0.1, -0.05) is 10.4 Å². The van der Waals surface area contributed by atoms with Crippen molar-refractivity contribution in [2.24, 2.45) is 0 Å². The largest absolute Gasteiger partial charge is 0.214 e. The monoisotopic (exact) mass is 454 g/mol. The molecule has 8 nitrogen and oxygen atoms in total. The van der Waals surface area contributed by atoms with Crippen LogP contribution in [0.1, 0.15) is 55.9 Å². The van der Waals surface area contributed by atoms with Crippen LogP contribution >= 0.6 is 0 Å². The first-order valence-corrected chi connectivity index (χ1v) is 11.5. The molecule has 0 saturated carbocycles. The second-order valence-corrected chi connectivity index (χ2v) is 9.44. The molecule has 8 heteroatoms. The first kappa shape index (κ1) is 22.1. The van der Waals surface area contributed by atoms with Crippen LogP contribution in [0.4, 0.5) is 0 Å². The molecule has 0 aliphatic carbocycles. The summed E-state index contributed by atoms with van der Waals surface area (Å²) in [5.74, 6) is 2.05. The van der Waals surface area contributed by atoms with E-state index in [1.165, 1.54) is 22.3 Å². The van der Waals surface area contributed by atoms with Crippen molar-refractivity contribution in [1.82, 2.24) is 40.0 Å². The van der Waals surface area contributed by atoms with Gasteiger partial charge in [0.15, 0.2) is 11.6 Å². The van der Waals surface area contributed by atoms with Gasteiger partial charge in [-0.2, -0.15) is 9.36 Å². The number of nitrogens with zero attached hydrogens (tertiary/aromatic N) is 8. The Morgan fingerprint density at radius 2 is 0.765 bits per heavy atom. The highest BCUT2D eigenvalue weighted by molar-refractivity contribution is 5.87. The second-order valence-electron chi connectivity index (χ2n) is 9.44. The van der Waals surface area contributed by atoms with Gasteiger partial charge in [0.05, 0.1) is 11.0 Å². The maximum absolute atomic E-state index is 4.80. The molecule has 0 aliphatic heterocycles. The van der Waals surface area contributed by atoms with Gasteiger partial charge < -0.3 is 0 Å². The normalized spacial score (nSPS) is 11.8. The average Bonchev–Trinajstić information content (AvgIpc) is 3.45. The average molecular weight is 455 g/mol. The van der Waals surface area contributed by atoms with E-state index in [1.807, 2.05) is 23.2 Å². The van der Waals surface area contributed by atoms with Gasteiger partial charge in [-0.05, 0) is 114 Å². The SMILES string of the molecule is Cc1nc(-n2nnc3c(C)c(C)c(C)c(C)c32)c(C)c(-n2nnc3c(C)c(C)c(C)c(C)c32)n1. The number of aryl methyl sites for hydroxylation is 5. The van der Waals surface area contributed by atoms with E-state index in [9.17, 15) is 0 Å². The standard InChI is InChI=1S/C26H30N8/c1-11-13(3)17(7)23-21(15(11)5)29-31-33(23)25-19(9)26(28-20(10)27-25)34-24-18(8)14(4)12(2)16(6)22(24)30-32-34/h1-10H3. The summed E-state index contributed by atoms with van der Waals surface area (Å²) >= 11 is 0. The molecule has 2 aromatic carbocycles. The van der Waals surface area contributed by atoms with E-state index in [2.05, 4.69) is 76.0 Å². The third kappa shape index (κ3) is 2.84. The second kappa shape index (κ2) is 7.41. The van der Waals surface area contributed by atoms with Crippen molar-refractivity contribution in [2.45, 2.75) is 69.2 Å². The summed E-state index contributed by atoms with van der Waals surface area (Å²) in [6.07, 6.45) is 0. The molecule has 0 radical (unpaired) electrons. The first-order valence-electron chi connectivity index (χ1n) is 11.5. The highest BCUT2D eigenvalue weighted by Crippen LogP contribution is 2.32. The van der Waals surface area contributed by atoms with E-state index in [-0.39, 0.29) is 0 Å². The summed E-state index contributed by atoms with van der Waals surface area (Å²) in [5, 5.41) is 18.2. The van der Waals surface area contributed by atoms with Gasteiger partial charge in [0.1, 0.15) is 16.9 Å². The molecular formula is C26H30N8. The van der Waals surface area contributed by atoms with Crippen LogP contribution in [-0.2, 0) is 0 Å². The molecule has 34 heavy (non-hydrogen) atoms.